The van der Waals surface area contributed by atoms with Gasteiger partial charge in [0, 0.05) is 0 Å². The van der Waals surface area contributed by atoms with Gasteiger partial charge in [-0.1, -0.05) is 0 Å². The molecule has 2 rings (SSSR count). The van der Waals surface area contributed by atoms with Gasteiger partial charge in [-0.2, -0.15) is 0 Å². The van der Waals surface area contributed by atoms with E-state index in [0.717, 1.165) is 16.6 Å². The Kier molecular flexibility index (Phi) is 11.2. The van der Waals surface area contributed by atoms with E-state index in [2.05, 4.69) is 68.7 Å². The summed E-state index contributed by atoms with van der Waals surface area (Å²) in [5.74, 6) is 0. The summed E-state index contributed by atoms with van der Waals surface area (Å²) < 4.78 is 5.83. The van der Waals surface area contributed by atoms with Gasteiger partial charge in [0.15, 0.2) is 0 Å². The van der Waals surface area contributed by atoms with Crippen LogP contribution in [0.4, 0.5) is 0 Å². The van der Waals surface area contributed by atoms with Crippen LogP contribution in [0.1, 0.15) is 84.1 Å². The molecule has 2 heteroatoms. The van der Waals surface area contributed by atoms with Crippen molar-refractivity contribution in [1.29, 1.82) is 0 Å². The fraction of sp³-hybridized carbons (Fsp3) is 0.692. The zero-order chi connectivity index (χ0) is 20.2. The predicted octanol–water partition coefficient (Wildman–Crippen LogP) is 7.98. The summed E-state index contributed by atoms with van der Waals surface area (Å²) in [6.07, 6.45) is 14.8. The first-order valence-corrected chi connectivity index (χ1v) is 19.8. The third-order valence-corrected chi connectivity index (χ3v) is 24.4. The summed E-state index contributed by atoms with van der Waals surface area (Å²) in [7, 11) is 0. The van der Waals surface area contributed by atoms with Crippen molar-refractivity contribution in [2.45, 2.75) is 109 Å². The summed E-state index contributed by atoms with van der Waals surface area (Å²) >= 11 is -2.26. The van der Waals surface area contributed by atoms with Gasteiger partial charge in [0.2, 0.25) is 0 Å². The van der Waals surface area contributed by atoms with Gasteiger partial charge in [0.1, 0.15) is 0 Å². The number of unbranched alkanes of at least 4 members (excludes halogenated alkanes) is 3. The Labute approximate surface area is 179 Å². The quantitative estimate of drug-likeness (QED) is 0.189. The second kappa shape index (κ2) is 13.1. The van der Waals surface area contributed by atoms with Crippen LogP contribution in [0.15, 0.2) is 43.0 Å². The topological polar surface area (TPSA) is 3.24 Å². The van der Waals surface area contributed by atoms with E-state index in [1.54, 1.807) is 13.3 Å². The summed E-state index contributed by atoms with van der Waals surface area (Å²) in [5.41, 5.74) is 1.50. The number of benzene rings is 1. The molecule has 1 nitrogen and oxygen atoms in total. The maximum atomic E-state index is 4.09. The Morgan fingerprint density at radius 3 is 2.00 bits per heavy atom. The van der Waals surface area contributed by atoms with E-state index in [9.17, 15) is 0 Å². The molecule has 0 amide bonds. The van der Waals surface area contributed by atoms with Crippen molar-refractivity contribution in [3.05, 3.63) is 48.6 Å². The van der Waals surface area contributed by atoms with Gasteiger partial charge >= 0.3 is 180 Å². The van der Waals surface area contributed by atoms with Crippen molar-refractivity contribution in [1.82, 2.24) is 4.90 Å². The minimum absolute atomic E-state index is 0.726. The monoisotopic (exact) mass is 491 g/mol. The molecule has 28 heavy (non-hydrogen) atoms. The van der Waals surface area contributed by atoms with Gasteiger partial charge in [-0.25, -0.2) is 0 Å². The van der Waals surface area contributed by atoms with Gasteiger partial charge in [0.05, 0.1) is 0 Å². The minimum atomic E-state index is -2.26. The Morgan fingerprint density at radius 1 is 0.929 bits per heavy atom. The molecule has 1 saturated heterocycles. The normalized spacial score (nSPS) is 20.5. The molecule has 0 spiro atoms. The van der Waals surface area contributed by atoms with Gasteiger partial charge in [-0.15, -0.1) is 0 Å². The fourth-order valence-corrected chi connectivity index (χ4v) is 24.7. The van der Waals surface area contributed by atoms with Crippen LogP contribution in [0.3, 0.4) is 0 Å². The van der Waals surface area contributed by atoms with E-state index in [4.69, 9.17) is 0 Å². The molecule has 0 saturated carbocycles. The molecule has 1 aromatic carbocycles. The zero-order valence-electron chi connectivity index (χ0n) is 19.0. The SMILES string of the molecule is C=CCC1CC[CH]([Sn]([CH2]CCC)([CH2]CCC)[CH2]CCC)N1Cc1ccccc1. The molecule has 0 aliphatic carbocycles. The number of likely N-dealkylation sites (tertiary alicyclic amines) is 1. The Morgan fingerprint density at radius 2 is 1.50 bits per heavy atom. The molecule has 0 bridgehead atoms. The third kappa shape index (κ3) is 6.62. The number of hydrogen-bond donors (Lipinski definition) is 0. The Hall–Kier alpha value is -0.281. The van der Waals surface area contributed by atoms with Crippen molar-refractivity contribution in [3.63, 3.8) is 0 Å². The van der Waals surface area contributed by atoms with Crippen molar-refractivity contribution >= 4 is 18.4 Å². The van der Waals surface area contributed by atoms with Gasteiger partial charge in [0.25, 0.3) is 0 Å². The van der Waals surface area contributed by atoms with Crippen molar-refractivity contribution in [2.75, 3.05) is 0 Å². The van der Waals surface area contributed by atoms with Crippen molar-refractivity contribution in [2.24, 2.45) is 0 Å². The van der Waals surface area contributed by atoms with Crippen LogP contribution in [0, 0.1) is 0 Å². The zero-order valence-corrected chi connectivity index (χ0v) is 21.8. The molecule has 0 N–H and O–H groups in total. The van der Waals surface area contributed by atoms with Gasteiger partial charge in [-0.05, 0) is 0 Å². The second-order valence-corrected chi connectivity index (χ2v) is 23.1. The van der Waals surface area contributed by atoms with Gasteiger partial charge in [-0.3, -0.25) is 0 Å². The first-order valence-electron chi connectivity index (χ1n) is 12.1. The van der Waals surface area contributed by atoms with Crippen molar-refractivity contribution in [3.8, 4) is 0 Å². The van der Waals surface area contributed by atoms with Crippen LogP contribution in [-0.4, -0.2) is 33.4 Å². The number of hydrogen-bond acceptors (Lipinski definition) is 1. The van der Waals surface area contributed by atoms with E-state index in [-0.39, 0.29) is 0 Å². The van der Waals surface area contributed by atoms with Crippen molar-refractivity contribution < 1.29 is 0 Å². The fourth-order valence-electron chi connectivity index (χ4n) is 5.53. The molecule has 0 radical (unpaired) electrons. The summed E-state index contributed by atoms with van der Waals surface area (Å²) in [6.45, 7) is 12.4. The summed E-state index contributed by atoms with van der Waals surface area (Å²) in [6, 6.07) is 12.0. The molecule has 1 heterocycles. The molecular weight excluding hydrogens is 445 g/mol. The molecule has 0 aromatic heterocycles. The molecule has 1 aliphatic rings. The number of nitrogens with zero attached hydrogens (tertiary/aromatic N) is 1. The summed E-state index contributed by atoms with van der Waals surface area (Å²) in [5, 5.41) is 0. The van der Waals surface area contributed by atoms with E-state index in [1.165, 1.54) is 63.4 Å². The molecule has 1 aromatic rings. The van der Waals surface area contributed by atoms with Gasteiger partial charge < -0.3 is 0 Å². The molecule has 2 unspecified atom stereocenters. The summed E-state index contributed by atoms with van der Waals surface area (Å²) in [4.78, 5) is 2.99. The van der Waals surface area contributed by atoms with Crippen LogP contribution in [0.5, 0.6) is 0 Å². The second-order valence-electron chi connectivity index (χ2n) is 9.10. The molecular formula is C26H45NSn. The average molecular weight is 490 g/mol. The number of rotatable bonds is 14. The standard InChI is InChI=1S/C14H18N.3C4H9.Sn/c1-2-7-14-10-6-11-15(14)12-13-8-4-3-5-9-13;3*1-3-4-2;/h2-5,8-9,11,14H,1,6-7,10,12H2;3*1,3-4H2,2H3;. The van der Waals surface area contributed by atoms with Crippen LogP contribution >= 0.6 is 0 Å². The van der Waals surface area contributed by atoms with Crippen LogP contribution < -0.4 is 0 Å². The van der Waals surface area contributed by atoms with E-state index >= 15 is 0 Å². The van der Waals surface area contributed by atoms with E-state index in [1.807, 2.05) is 0 Å². The van der Waals surface area contributed by atoms with E-state index in [0.29, 0.717) is 0 Å². The molecule has 158 valence electrons. The third-order valence-electron chi connectivity index (χ3n) is 7.08. The Balaban J connectivity index is 2.32. The molecule has 2 atom stereocenters. The molecule has 1 fully saturated rings. The first kappa shape index (κ1) is 24.0. The maximum absolute atomic E-state index is 4.09. The Bertz CT molecular complexity index is 519. The average Bonchev–Trinajstić information content (AvgIpc) is 3.12. The van der Waals surface area contributed by atoms with Crippen LogP contribution in [0.2, 0.25) is 13.3 Å². The van der Waals surface area contributed by atoms with Crippen LogP contribution in [-0.2, 0) is 6.54 Å². The molecule has 1 aliphatic heterocycles. The van der Waals surface area contributed by atoms with Crippen LogP contribution in [0.25, 0.3) is 0 Å². The predicted molar refractivity (Wildman–Crippen MR) is 129 cm³/mol. The first-order chi connectivity index (χ1) is 13.7. The van der Waals surface area contributed by atoms with E-state index < -0.39 is 18.4 Å².